The summed E-state index contributed by atoms with van der Waals surface area (Å²) in [5.41, 5.74) is 4.96. The van der Waals surface area contributed by atoms with E-state index in [1.165, 1.54) is 5.56 Å². The second-order valence-electron chi connectivity index (χ2n) is 6.05. The van der Waals surface area contributed by atoms with Crippen molar-refractivity contribution in [1.29, 1.82) is 0 Å². The number of fused-ring (bicyclic) bond motifs is 1. The Hall–Kier alpha value is -2.29. The molecule has 3 aromatic rings. The van der Waals surface area contributed by atoms with Crippen molar-refractivity contribution in [2.45, 2.75) is 26.2 Å². The lowest BCUT2D eigenvalue weighted by atomic mass is 9.86. The maximum atomic E-state index is 11.2. The molecule has 0 atom stereocenters. The van der Waals surface area contributed by atoms with E-state index in [0.29, 0.717) is 5.58 Å². The number of aromatic nitrogens is 1. The third-order valence-corrected chi connectivity index (χ3v) is 3.50. The number of rotatable bonds is 1. The summed E-state index contributed by atoms with van der Waals surface area (Å²) >= 11 is 0. The first kappa shape index (κ1) is 12.7. The highest BCUT2D eigenvalue weighted by Crippen LogP contribution is 2.27. The van der Waals surface area contributed by atoms with Crippen LogP contribution in [0.1, 0.15) is 26.3 Å². The third kappa shape index (κ3) is 2.27. The topological polar surface area (TPSA) is 46.0 Å². The summed E-state index contributed by atoms with van der Waals surface area (Å²) in [5.74, 6) is -0.416. The van der Waals surface area contributed by atoms with Gasteiger partial charge in [-0.1, -0.05) is 51.1 Å². The van der Waals surface area contributed by atoms with E-state index in [0.717, 1.165) is 16.6 Å². The molecule has 3 nitrogen and oxygen atoms in total. The summed E-state index contributed by atoms with van der Waals surface area (Å²) in [6.45, 7) is 6.60. The summed E-state index contributed by atoms with van der Waals surface area (Å²) in [7, 11) is 0. The van der Waals surface area contributed by atoms with Gasteiger partial charge in [-0.2, -0.15) is 0 Å². The molecule has 0 radical (unpaired) electrons. The smallest absolute Gasteiger partial charge is 0.408 e. The average Bonchev–Trinajstić information content (AvgIpc) is 2.77. The predicted octanol–water partition coefficient (Wildman–Crippen LogP) is 4.09. The zero-order chi connectivity index (χ0) is 14.3. The van der Waals surface area contributed by atoms with Crippen LogP contribution in [0.15, 0.2) is 51.7 Å². The average molecular weight is 267 g/mol. The van der Waals surface area contributed by atoms with Gasteiger partial charge in [0, 0.05) is 0 Å². The van der Waals surface area contributed by atoms with E-state index >= 15 is 0 Å². The van der Waals surface area contributed by atoms with Crippen LogP contribution in [0.2, 0.25) is 0 Å². The molecule has 0 unspecified atom stereocenters. The molecule has 1 aromatic heterocycles. The first-order valence-corrected chi connectivity index (χ1v) is 6.67. The Kier molecular flexibility index (Phi) is 2.78. The SMILES string of the molecule is CC(C)(C)c1ccc(-c2ccc3oc(=O)[nH]c3c2)cc1. The quantitative estimate of drug-likeness (QED) is 0.722. The Labute approximate surface area is 117 Å². The van der Waals surface area contributed by atoms with E-state index in [4.69, 9.17) is 4.42 Å². The number of nitrogens with one attached hydrogen (secondary N) is 1. The standard InChI is InChI=1S/C17H17NO2/c1-17(2,3)13-7-4-11(5-8-13)12-6-9-15-14(10-12)18-16(19)20-15/h4-10H,1-3H3,(H,18,19). The zero-order valence-corrected chi connectivity index (χ0v) is 11.9. The van der Waals surface area contributed by atoms with Gasteiger partial charge in [-0.25, -0.2) is 4.79 Å². The molecule has 102 valence electrons. The van der Waals surface area contributed by atoms with Gasteiger partial charge in [0.25, 0.3) is 0 Å². The molecule has 1 heterocycles. The predicted molar refractivity (Wildman–Crippen MR) is 81.0 cm³/mol. The molecule has 1 N–H and O–H groups in total. The molecule has 0 spiro atoms. The summed E-state index contributed by atoms with van der Waals surface area (Å²) in [4.78, 5) is 13.9. The molecule has 0 bridgehead atoms. The van der Waals surface area contributed by atoms with Crippen LogP contribution in [0, 0.1) is 0 Å². The van der Waals surface area contributed by atoms with Crippen molar-refractivity contribution in [3.8, 4) is 11.1 Å². The molecule has 2 aromatic carbocycles. The van der Waals surface area contributed by atoms with Gasteiger partial charge in [0.15, 0.2) is 5.58 Å². The lowest BCUT2D eigenvalue weighted by Gasteiger charge is -2.19. The molecule has 0 saturated carbocycles. The third-order valence-electron chi connectivity index (χ3n) is 3.50. The number of hydrogen-bond acceptors (Lipinski definition) is 2. The minimum absolute atomic E-state index is 0.151. The van der Waals surface area contributed by atoms with Crippen molar-refractivity contribution in [2.75, 3.05) is 0 Å². The van der Waals surface area contributed by atoms with Gasteiger partial charge in [-0.05, 0) is 34.2 Å². The monoisotopic (exact) mass is 267 g/mol. The number of hydrogen-bond donors (Lipinski definition) is 1. The molecule has 0 aliphatic carbocycles. The fourth-order valence-electron chi connectivity index (χ4n) is 2.29. The Morgan fingerprint density at radius 3 is 2.25 bits per heavy atom. The van der Waals surface area contributed by atoms with Gasteiger partial charge >= 0.3 is 5.76 Å². The molecular weight excluding hydrogens is 250 g/mol. The van der Waals surface area contributed by atoms with Gasteiger partial charge in [0.2, 0.25) is 0 Å². The van der Waals surface area contributed by atoms with Crippen molar-refractivity contribution in [1.82, 2.24) is 4.98 Å². The lowest BCUT2D eigenvalue weighted by molar-refractivity contribution is 0.555. The fourth-order valence-corrected chi connectivity index (χ4v) is 2.29. The highest BCUT2D eigenvalue weighted by Gasteiger charge is 2.13. The number of oxazole rings is 1. The van der Waals surface area contributed by atoms with Gasteiger partial charge in [-0.15, -0.1) is 0 Å². The minimum atomic E-state index is -0.416. The highest BCUT2D eigenvalue weighted by molar-refractivity contribution is 5.80. The van der Waals surface area contributed by atoms with Crippen molar-refractivity contribution in [3.63, 3.8) is 0 Å². The number of aromatic amines is 1. The Morgan fingerprint density at radius 1 is 0.950 bits per heavy atom. The Bertz CT molecular complexity index is 801. The van der Waals surface area contributed by atoms with Gasteiger partial charge in [0.05, 0.1) is 5.52 Å². The minimum Gasteiger partial charge on any atom is -0.408 e. The normalized spacial score (nSPS) is 11.9. The lowest BCUT2D eigenvalue weighted by Crippen LogP contribution is -2.10. The molecule has 0 fully saturated rings. The van der Waals surface area contributed by atoms with Crippen LogP contribution in [0.4, 0.5) is 0 Å². The molecule has 0 aliphatic rings. The molecule has 0 amide bonds. The van der Waals surface area contributed by atoms with Gasteiger partial charge < -0.3 is 4.42 Å². The summed E-state index contributed by atoms with van der Waals surface area (Å²) < 4.78 is 5.01. The molecule has 3 rings (SSSR count). The fraction of sp³-hybridized carbons (Fsp3) is 0.235. The number of H-pyrrole nitrogens is 1. The first-order chi connectivity index (χ1) is 9.43. The van der Waals surface area contributed by atoms with E-state index < -0.39 is 5.76 Å². The maximum absolute atomic E-state index is 11.2. The van der Waals surface area contributed by atoms with Crippen LogP contribution in [-0.2, 0) is 5.41 Å². The Morgan fingerprint density at radius 2 is 1.60 bits per heavy atom. The van der Waals surface area contributed by atoms with Crippen LogP contribution in [0.3, 0.4) is 0 Å². The second-order valence-corrected chi connectivity index (χ2v) is 6.05. The van der Waals surface area contributed by atoms with Crippen LogP contribution < -0.4 is 5.76 Å². The largest absolute Gasteiger partial charge is 0.417 e. The van der Waals surface area contributed by atoms with E-state index in [1.807, 2.05) is 18.2 Å². The number of benzene rings is 2. The van der Waals surface area contributed by atoms with E-state index in [1.54, 1.807) is 0 Å². The van der Waals surface area contributed by atoms with E-state index in [-0.39, 0.29) is 5.41 Å². The van der Waals surface area contributed by atoms with Crippen molar-refractivity contribution in [2.24, 2.45) is 0 Å². The Balaban J connectivity index is 2.04. The zero-order valence-electron chi connectivity index (χ0n) is 11.9. The maximum Gasteiger partial charge on any atom is 0.417 e. The van der Waals surface area contributed by atoms with E-state index in [9.17, 15) is 4.79 Å². The van der Waals surface area contributed by atoms with Crippen LogP contribution in [0.5, 0.6) is 0 Å². The van der Waals surface area contributed by atoms with Crippen molar-refractivity contribution < 1.29 is 4.42 Å². The summed E-state index contributed by atoms with van der Waals surface area (Å²) in [6.07, 6.45) is 0. The van der Waals surface area contributed by atoms with Crippen LogP contribution >= 0.6 is 0 Å². The summed E-state index contributed by atoms with van der Waals surface area (Å²) in [6, 6.07) is 14.2. The van der Waals surface area contributed by atoms with Gasteiger partial charge in [-0.3, -0.25) is 4.98 Å². The molecule has 0 aliphatic heterocycles. The second kappa shape index (κ2) is 4.37. The summed E-state index contributed by atoms with van der Waals surface area (Å²) in [5, 5.41) is 0. The molecule has 20 heavy (non-hydrogen) atoms. The molecule has 3 heteroatoms. The molecular formula is C17H17NO2. The van der Waals surface area contributed by atoms with Crippen molar-refractivity contribution >= 4 is 11.1 Å². The van der Waals surface area contributed by atoms with Crippen molar-refractivity contribution in [3.05, 3.63) is 58.6 Å². The molecule has 0 saturated heterocycles. The van der Waals surface area contributed by atoms with Crippen LogP contribution in [0.25, 0.3) is 22.2 Å². The van der Waals surface area contributed by atoms with Crippen LogP contribution in [-0.4, -0.2) is 4.98 Å². The van der Waals surface area contributed by atoms with Gasteiger partial charge in [0.1, 0.15) is 0 Å². The first-order valence-electron chi connectivity index (χ1n) is 6.67. The van der Waals surface area contributed by atoms with E-state index in [2.05, 4.69) is 50.0 Å². The highest BCUT2D eigenvalue weighted by atomic mass is 16.4.